The molecule has 0 unspecified atom stereocenters. The lowest BCUT2D eigenvalue weighted by atomic mass is 10.00. The quantitative estimate of drug-likeness (QED) is 0.521. The first-order chi connectivity index (χ1) is 11.1. The number of nitro groups is 1. The third-order valence-electron chi connectivity index (χ3n) is 4.06. The Morgan fingerprint density at radius 1 is 1.22 bits per heavy atom. The van der Waals surface area contributed by atoms with Crippen LogP contribution in [0, 0.1) is 10.1 Å². The normalized spacial score (nSPS) is 13.5. The number of nitrogens with two attached hydrogens (primary N) is 1. The molecule has 0 aliphatic carbocycles. The lowest BCUT2D eigenvalue weighted by Gasteiger charge is -2.31. The van der Waals surface area contributed by atoms with Crippen molar-refractivity contribution in [2.45, 2.75) is 12.8 Å². The predicted octanol–water partition coefficient (Wildman–Crippen LogP) is 3.01. The fraction of sp³-hybridized carbons (Fsp3) is 0.294. The molecule has 0 bridgehead atoms. The van der Waals surface area contributed by atoms with E-state index in [4.69, 9.17) is 10.5 Å². The Labute approximate surface area is 134 Å². The van der Waals surface area contributed by atoms with Gasteiger partial charge in [-0.15, -0.1) is 0 Å². The molecule has 0 fully saturated rings. The number of fused-ring (bicyclic) bond motifs is 1. The van der Waals surface area contributed by atoms with Gasteiger partial charge in [-0.1, -0.05) is 6.07 Å². The third-order valence-corrected chi connectivity index (χ3v) is 4.06. The third kappa shape index (κ3) is 3.36. The average Bonchev–Trinajstić information content (AvgIpc) is 2.56. The molecule has 3 rings (SSSR count). The van der Waals surface area contributed by atoms with Crippen LogP contribution in [0.3, 0.4) is 0 Å². The Hall–Kier alpha value is -2.76. The zero-order valence-electron chi connectivity index (χ0n) is 12.8. The molecule has 23 heavy (non-hydrogen) atoms. The maximum Gasteiger partial charge on any atom is 0.269 e. The van der Waals surface area contributed by atoms with Crippen molar-refractivity contribution in [3.63, 3.8) is 0 Å². The van der Waals surface area contributed by atoms with Gasteiger partial charge in [0.05, 0.1) is 11.5 Å². The smallest absolute Gasteiger partial charge is 0.269 e. The maximum absolute atomic E-state index is 10.6. The molecule has 2 N–H and O–H groups in total. The Bertz CT molecular complexity index is 701. The SMILES string of the molecule is Nc1cccc2c1CCCN2CCOc1ccc([N+](=O)[O-])cc1. The van der Waals surface area contributed by atoms with Crippen molar-refractivity contribution in [1.29, 1.82) is 0 Å². The van der Waals surface area contributed by atoms with Crippen LogP contribution in [-0.2, 0) is 6.42 Å². The Morgan fingerprint density at radius 3 is 2.74 bits per heavy atom. The molecule has 0 amide bonds. The topological polar surface area (TPSA) is 81.6 Å². The molecule has 6 nitrogen and oxygen atoms in total. The van der Waals surface area contributed by atoms with Crippen LogP contribution in [0.2, 0.25) is 0 Å². The van der Waals surface area contributed by atoms with Gasteiger partial charge in [0.15, 0.2) is 0 Å². The highest BCUT2D eigenvalue weighted by Crippen LogP contribution is 2.31. The molecule has 0 atom stereocenters. The molecule has 2 aromatic carbocycles. The van der Waals surface area contributed by atoms with Crippen LogP contribution in [0.5, 0.6) is 5.75 Å². The number of nitrogen functional groups attached to an aromatic ring is 1. The van der Waals surface area contributed by atoms with Gasteiger partial charge in [0.2, 0.25) is 0 Å². The molecule has 0 aromatic heterocycles. The monoisotopic (exact) mass is 313 g/mol. The van der Waals surface area contributed by atoms with Crippen LogP contribution in [0.4, 0.5) is 17.1 Å². The first-order valence-corrected chi connectivity index (χ1v) is 7.65. The van der Waals surface area contributed by atoms with Gasteiger partial charge < -0.3 is 15.4 Å². The second-order valence-electron chi connectivity index (χ2n) is 5.53. The molecule has 0 saturated heterocycles. The van der Waals surface area contributed by atoms with Gasteiger partial charge in [-0.25, -0.2) is 0 Å². The number of hydrogen-bond acceptors (Lipinski definition) is 5. The maximum atomic E-state index is 10.6. The minimum atomic E-state index is -0.418. The minimum Gasteiger partial charge on any atom is -0.492 e. The first-order valence-electron chi connectivity index (χ1n) is 7.65. The lowest BCUT2D eigenvalue weighted by molar-refractivity contribution is -0.384. The number of ether oxygens (including phenoxy) is 1. The zero-order valence-corrected chi connectivity index (χ0v) is 12.8. The van der Waals surface area contributed by atoms with Crippen molar-refractivity contribution in [2.75, 3.05) is 30.3 Å². The fourth-order valence-electron chi connectivity index (χ4n) is 2.90. The molecule has 1 aliphatic rings. The van der Waals surface area contributed by atoms with Crippen molar-refractivity contribution in [3.05, 3.63) is 58.1 Å². The molecular formula is C17H19N3O3. The highest BCUT2D eigenvalue weighted by molar-refractivity contribution is 5.66. The summed E-state index contributed by atoms with van der Waals surface area (Å²) < 4.78 is 5.69. The van der Waals surface area contributed by atoms with Gasteiger partial charge >= 0.3 is 0 Å². The van der Waals surface area contributed by atoms with E-state index in [-0.39, 0.29) is 5.69 Å². The van der Waals surface area contributed by atoms with Crippen molar-refractivity contribution in [3.8, 4) is 5.75 Å². The van der Waals surface area contributed by atoms with Crippen molar-refractivity contribution >= 4 is 17.1 Å². The van der Waals surface area contributed by atoms with Gasteiger partial charge in [0.1, 0.15) is 12.4 Å². The summed E-state index contributed by atoms with van der Waals surface area (Å²) in [6.07, 6.45) is 2.10. The highest BCUT2D eigenvalue weighted by atomic mass is 16.6. The van der Waals surface area contributed by atoms with E-state index in [0.29, 0.717) is 12.4 Å². The zero-order chi connectivity index (χ0) is 16.2. The second-order valence-corrected chi connectivity index (χ2v) is 5.53. The van der Waals surface area contributed by atoms with Gasteiger partial charge in [-0.05, 0) is 42.7 Å². The summed E-state index contributed by atoms with van der Waals surface area (Å²) in [5, 5.41) is 10.6. The summed E-state index contributed by atoms with van der Waals surface area (Å²) in [4.78, 5) is 12.5. The summed E-state index contributed by atoms with van der Waals surface area (Å²) in [5.41, 5.74) is 9.37. The summed E-state index contributed by atoms with van der Waals surface area (Å²) in [6, 6.07) is 12.2. The molecule has 1 heterocycles. The molecule has 0 saturated carbocycles. The van der Waals surface area contributed by atoms with Gasteiger partial charge in [-0.2, -0.15) is 0 Å². The van der Waals surface area contributed by atoms with E-state index in [9.17, 15) is 10.1 Å². The van der Waals surface area contributed by atoms with Gasteiger partial charge in [0, 0.05) is 30.1 Å². The molecule has 0 spiro atoms. The first kappa shape index (κ1) is 15.1. The van der Waals surface area contributed by atoms with Crippen LogP contribution in [0.1, 0.15) is 12.0 Å². The summed E-state index contributed by atoms with van der Waals surface area (Å²) >= 11 is 0. The van der Waals surface area contributed by atoms with Crippen molar-refractivity contribution in [1.82, 2.24) is 0 Å². The van der Waals surface area contributed by atoms with Gasteiger partial charge in [0.25, 0.3) is 5.69 Å². The molecule has 6 heteroatoms. The van der Waals surface area contributed by atoms with E-state index in [1.165, 1.54) is 23.4 Å². The van der Waals surface area contributed by atoms with Crippen molar-refractivity contribution < 1.29 is 9.66 Å². The highest BCUT2D eigenvalue weighted by Gasteiger charge is 2.18. The van der Waals surface area contributed by atoms with Crippen LogP contribution in [0.15, 0.2) is 42.5 Å². The molecule has 0 radical (unpaired) electrons. The Balaban J connectivity index is 1.60. The number of non-ortho nitro benzene ring substituents is 1. The van der Waals surface area contributed by atoms with E-state index in [2.05, 4.69) is 11.0 Å². The fourth-order valence-corrected chi connectivity index (χ4v) is 2.90. The molecule has 120 valence electrons. The largest absolute Gasteiger partial charge is 0.492 e. The Kier molecular flexibility index (Phi) is 4.32. The van der Waals surface area contributed by atoms with E-state index in [0.717, 1.165) is 31.6 Å². The van der Waals surface area contributed by atoms with Crippen LogP contribution in [-0.4, -0.2) is 24.6 Å². The lowest BCUT2D eigenvalue weighted by Crippen LogP contribution is -2.33. The number of benzene rings is 2. The number of hydrogen-bond donors (Lipinski definition) is 1. The number of nitro benzene ring substituents is 1. The predicted molar refractivity (Wildman–Crippen MR) is 90.0 cm³/mol. The molecule has 2 aromatic rings. The minimum absolute atomic E-state index is 0.0674. The average molecular weight is 313 g/mol. The molecule has 1 aliphatic heterocycles. The molecular weight excluding hydrogens is 294 g/mol. The van der Waals surface area contributed by atoms with Gasteiger partial charge in [-0.3, -0.25) is 10.1 Å². The van der Waals surface area contributed by atoms with E-state index in [1.54, 1.807) is 12.1 Å². The van der Waals surface area contributed by atoms with Crippen LogP contribution >= 0.6 is 0 Å². The number of anilines is 2. The number of rotatable bonds is 5. The number of nitrogens with zero attached hydrogens (tertiary/aromatic N) is 2. The van der Waals surface area contributed by atoms with E-state index in [1.807, 2.05) is 12.1 Å². The van der Waals surface area contributed by atoms with E-state index < -0.39 is 4.92 Å². The Morgan fingerprint density at radius 2 is 2.00 bits per heavy atom. The second kappa shape index (κ2) is 6.56. The summed E-state index contributed by atoms with van der Waals surface area (Å²) in [5.74, 6) is 0.639. The van der Waals surface area contributed by atoms with Crippen molar-refractivity contribution in [2.24, 2.45) is 0 Å². The van der Waals surface area contributed by atoms with Crippen LogP contribution < -0.4 is 15.4 Å². The van der Waals surface area contributed by atoms with E-state index >= 15 is 0 Å². The summed E-state index contributed by atoms with van der Waals surface area (Å²) in [7, 11) is 0. The van der Waals surface area contributed by atoms with Crippen LogP contribution in [0.25, 0.3) is 0 Å². The summed E-state index contributed by atoms with van der Waals surface area (Å²) in [6.45, 7) is 2.26. The standard InChI is InChI=1S/C17H19N3O3/c18-16-4-1-5-17-15(16)3-2-10-19(17)11-12-23-14-8-6-13(7-9-14)20(21)22/h1,4-9H,2-3,10-12,18H2.